The molecule has 3 atom stereocenters. The van der Waals surface area contributed by atoms with Crippen LogP contribution in [-0.2, 0) is 16.2 Å². The highest BCUT2D eigenvalue weighted by Gasteiger charge is 2.36. The minimum absolute atomic E-state index is 0.0177. The van der Waals surface area contributed by atoms with Crippen LogP contribution < -0.4 is 16.1 Å². The van der Waals surface area contributed by atoms with Gasteiger partial charge in [0.2, 0.25) is 5.91 Å². The van der Waals surface area contributed by atoms with Gasteiger partial charge in [-0.15, -0.1) is 0 Å². The first-order valence-corrected chi connectivity index (χ1v) is 7.25. The van der Waals surface area contributed by atoms with Crippen molar-refractivity contribution < 1.29 is 9.63 Å². The molecule has 0 bridgehead atoms. The molecule has 2 saturated heterocycles. The number of hydroxylamine groups is 1. The highest BCUT2D eigenvalue weighted by Crippen LogP contribution is 2.23. The summed E-state index contributed by atoms with van der Waals surface area (Å²) >= 11 is 0. The molecule has 0 aromatic heterocycles. The fraction of sp³-hybridized carbons (Fsp3) is 0.533. The van der Waals surface area contributed by atoms with Crippen molar-refractivity contribution >= 4 is 5.91 Å². The van der Waals surface area contributed by atoms with E-state index >= 15 is 0 Å². The van der Waals surface area contributed by atoms with Gasteiger partial charge in [0, 0.05) is 19.1 Å². The first kappa shape index (κ1) is 13.5. The third-order valence-electron chi connectivity index (χ3n) is 4.07. The highest BCUT2D eigenvalue weighted by molar-refractivity contribution is 5.83. The van der Waals surface area contributed by atoms with Crippen molar-refractivity contribution in [1.29, 1.82) is 0 Å². The average Bonchev–Trinajstić information content (AvgIpc) is 2.48. The number of rotatable bonds is 4. The Kier molecular flexibility index (Phi) is 4.30. The molecule has 20 heavy (non-hydrogen) atoms. The van der Waals surface area contributed by atoms with Gasteiger partial charge in [0.25, 0.3) is 0 Å². The summed E-state index contributed by atoms with van der Waals surface area (Å²) in [5.41, 5.74) is 4.28. The molecule has 2 heterocycles. The van der Waals surface area contributed by atoms with E-state index in [0.29, 0.717) is 12.5 Å². The lowest BCUT2D eigenvalue weighted by Gasteiger charge is -2.39. The second-order valence-electron chi connectivity index (χ2n) is 5.55. The van der Waals surface area contributed by atoms with Crippen LogP contribution in [0.3, 0.4) is 0 Å². The Labute approximate surface area is 119 Å². The van der Waals surface area contributed by atoms with Gasteiger partial charge in [0.1, 0.15) is 0 Å². The molecule has 1 aromatic carbocycles. The molecule has 108 valence electrons. The van der Waals surface area contributed by atoms with Crippen LogP contribution in [0.1, 0.15) is 18.4 Å². The van der Waals surface area contributed by atoms with Crippen molar-refractivity contribution in [3.05, 3.63) is 35.9 Å². The van der Waals surface area contributed by atoms with Gasteiger partial charge < -0.3 is 10.6 Å². The first-order valence-electron chi connectivity index (χ1n) is 7.25. The molecule has 2 aliphatic rings. The molecule has 2 aliphatic heterocycles. The van der Waals surface area contributed by atoms with Crippen LogP contribution >= 0.6 is 0 Å². The monoisotopic (exact) mass is 275 g/mol. The van der Waals surface area contributed by atoms with Gasteiger partial charge >= 0.3 is 0 Å². The molecule has 1 aromatic rings. The summed E-state index contributed by atoms with van der Waals surface area (Å²) in [5, 5.41) is 6.22. The Morgan fingerprint density at radius 3 is 3.00 bits per heavy atom. The number of piperidine rings is 2. The number of carbonyl (C=O) groups is 1. The van der Waals surface area contributed by atoms with Crippen LogP contribution in [0, 0.1) is 5.92 Å². The Bertz CT molecular complexity index is 452. The lowest BCUT2D eigenvalue weighted by atomic mass is 9.83. The lowest BCUT2D eigenvalue weighted by Crippen LogP contribution is -2.61. The summed E-state index contributed by atoms with van der Waals surface area (Å²) in [5.74, 6) is 0.556. The lowest BCUT2D eigenvalue weighted by molar-refractivity contribution is -0.127. The van der Waals surface area contributed by atoms with Gasteiger partial charge in [-0.3, -0.25) is 9.63 Å². The molecule has 3 unspecified atom stereocenters. The number of hydrogen-bond donors (Lipinski definition) is 3. The van der Waals surface area contributed by atoms with Gasteiger partial charge in [-0.05, 0) is 24.3 Å². The summed E-state index contributed by atoms with van der Waals surface area (Å²) in [6, 6.07) is 10.3. The summed E-state index contributed by atoms with van der Waals surface area (Å²) < 4.78 is 0. The fourth-order valence-electron chi connectivity index (χ4n) is 3.01. The second-order valence-corrected chi connectivity index (χ2v) is 5.55. The van der Waals surface area contributed by atoms with Crippen molar-refractivity contribution in [2.75, 3.05) is 13.1 Å². The second kappa shape index (κ2) is 6.35. The molecule has 1 amide bonds. The first-order chi connectivity index (χ1) is 9.83. The molecule has 5 heteroatoms. The van der Waals surface area contributed by atoms with Crippen molar-refractivity contribution in [3.8, 4) is 0 Å². The van der Waals surface area contributed by atoms with Crippen LogP contribution in [0.5, 0.6) is 0 Å². The van der Waals surface area contributed by atoms with Crippen molar-refractivity contribution in [2.45, 2.75) is 31.5 Å². The van der Waals surface area contributed by atoms with Gasteiger partial charge in [-0.25, -0.2) is 0 Å². The van der Waals surface area contributed by atoms with E-state index < -0.39 is 0 Å². The number of nitrogens with one attached hydrogen (secondary N) is 3. The summed E-state index contributed by atoms with van der Waals surface area (Å²) in [7, 11) is 0. The Morgan fingerprint density at radius 1 is 1.30 bits per heavy atom. The number of benzene rings is 1. The number of carbonyl (C=O) groups excluding carboxylic acids is 1. The van der Waals surface area contributed by atoms with E-state index in [-0.39, 0.29) is 18.0 Å². The zero-order valence-electron chi connectivity index (χ0n) is 11.5. The van der Waals surface area contributed by atoms with Crippen LogP contribution in [0.15, 0.2) is 30.3 Å². The largest absolute Gasteiger partial charge is 0.355 e. The molecule has 0 radical (unpaired) electrons. The van der Waals surface area contributed by atoms with E-state index in [1.54, 1.807) is 0 Å². The Hall–Kier alpha value is -1.43. The van der Waals surface area contributed by atoms with Crippen LogP contribution in [0.2, 0.25) is 0 Å². The SMILES string of the molecule is O=C1NCCC2CC(NOCc3ccccc3)CNC12. The molecule has 5 nitrogen and oxygen atoms in total. The van der Waals surface area contributed by atoms with E-state index in [2.05, 4.69) is 16.1 Å². The van der Waals surface area contributed by atoms with Crippen LogP contribution in [0.25, 0.3) is 0 Å². The molecule has 3 rings (SSSR count). The quantitative estimate of drug-likeness (QED) is 0.703. The number of hydrogen-bond acceptors (Lipinski definition) is 4. The van der Waals surface area contributed by atoms with E-state index in [0.717, 1.165) is 31.5 Å². The predicted octanol–water partition coefficient (Wildman–Crippen LogP) is 0.574. The van der Waals surface area contributed by atoms with E-state index in [4.69, 9.17) is 4.84 Å². The van der Waals surface area contributed by atoms with Crippen LogP contribution in [-0.4, -0.2) is 31.1 Å². The third kappa shape index (κ3) is 3.17. The molecule has 0 spiro atoms. The zero-order chi connectivity index (χ0) is 13.8. The van der Waals surface area contributed by atoms with Gasteiger partial charge in [-0.2, -0.15) is 5.48 Å². The van der Waals surface area contributed by atoms with Crippen LogP contribution in [0.4, 0.5) is 0 Å². The standard InChI is InChI=1S/C15H21N3O2/c19-15-14-12(6-7-16-15)8-13(9-17-14)18-20-10-11-4-2-1-3-5-11/h1-5,12-14,17-18H,6-10H2,(H,16,19). The maximum atomic E-state index is 11.7. The van der Waals surface area contributed by atoms with Crippen molar-refractivity contribution in [3.63, 3.8) is 0 Å². The third-order valence-corrected chi connectivity index (χ3v) is 4.07. The summed E-state index contributed by atoms with van der Waals surface area (Å²) in [6.07, 6.45) is 2.03. The summed E-state index contributed by atoms with van der Waals surface area (Å²) in [6.45, 7) is 2.12. The maximum absolute atomic E-state index is 11.7. The molecule has 0 saturated carbocycles. The van der Waals surface area contributed by atoms with E-state index in [1.807, 2.05) is 30.3 Å². The van der Waals surface area contributed by atoms with Crippen molar-refractivity contribution in [2.24, 2.45) is 5.92 Å². The van der Waals surface area contributed by atoms with Gasteiger partial charge in [0.05, 0.1) is 12.6 Å². The van der Waals surface area contributed by atoms with Crippen molar-refractivity contribution in [1.82, 2.24) is 16.1 Å². The fourth-order valence-corrected chi connectivity index (χ4v) is 3.01. The summed E-state index contributed by atoms with van der Waals surface area (Å²) in [4.78, 5) is 17.3. The molecule has 2 fully saturated rings. The Balaban J connectivity index is 1.44. The van der Waals surface area contributed by atoms with E-state index in [9.17, 15) is 4.79 Å². The molecular formula is C15H21N3O2. The average molecular weight is 275 g/mol. The van der Waals surface area contributed by atoms with Gasteiger partial charge in [0.15, 0.2) is 0 Å². The smallest absolute Gasteiger partial charge is 0.237 e. The zero-order valence-corrected chi connectivity index (χ0v) is 11.5. The molecule has 3 N–H and O–H groups in total. The molecule has 0 aliphatic carbocycles. The van der Waals surface area contributed by atoms with E-state index in [1.165, 1.54) is 0 Å². The number of amides is 1. The molecular weight excluding hydrogens is 254 g/mol. The number of fused-ring (bicyclic) bond motifs is 1. The van der Waals surface area contributed by atoms with Gasteiger partial charge in [-0.1, -0.05) is 30.3 Å². The predicted molar refractivity (Wildman–Crippen MR) is 75.7 cm³/mol. The normalized spacial score (nSPS) is 29.6. The highest BCUT2D eigenvalue weighted by atomic mass is 16.6. The minimum atomic E-state index is -0.0177. The minimum Gasteiger partial charge on any atom is -0.355 e. The topological polar surface area (TPSA) is 62.4 Å². The maximum Gasteiger partial charge on any atom is 0.237 e. The Morgan fingerprint density at radius 2 is 2.15 bits per heavy atom.